The number of pyridine rings is 1. The van der Waals surface area contributed by atoms with Gasteiger partial charge in [0.05, 0.1) is 11.7 Å². The van der Waals surface area contributed by atoms with Crippen LogP contribution in [-0.4, -0.2) is 22.5 Å². The molecule has 0 aliphatic carbocycles. The highest BCUT2D eigenvalue weighted by atomic mass is 35.5. The quantitative estimate of drug-likeness (QED) is 0.909. The number of hydrogen-bond donors (Lipinski definition) is 2. The first-order valence-electron chi connectivity index (χ1n) is 6.20. The van der Waals surface area contributed by atoms with Crippen LogP contribution in [0.25, 0.3) is 0 Å². The molecule has 5 heteroatoms. The predicted molar refractivity (Wildman–Crippen MR) is 77.7 cm³/mol. The highest BCUT2D eigenvalue weighted by Gasteiger charge is 2.11. The number of carbonyl (C=O) groups excluding carboxylic acids is 1. The Kier molecular flexibility index (Phi) is 4.71. The Balaban J connectivity index is 1.94. The van der Waals surface area contributed by atoms with E-state index < -0.39 is 6.10 Å². The molecule has 0 unspecified atom stereocenters. The van der Waals surface area contributed by atoms with E-state index in [1.807, 2.05) is 6.92 Å². The molecule has 0 spiro atoms. The van der Waals surface area contributed by atoms with Gasteiger partial charge in [0.15, 0.2) is 0 Å². The molecule has 0 saturated heterocycles. The molecule has 1 atom stereocenters. The van der Waals surface area contributed by atoms with Crippen LogP contribution in [0, 0.1) is 6.92 Å². The lowest BCUT2D eigenvalue weighted by Crippen LogP contribution is -2.28. The second kappa shape index (κ2) is 6.50. The molecule has 0 saturated carbocycles. The van der Waals surface area contributed by atoms with E-state index in [1.54, 1.807) is 36.4 Å². The normalized spacial score (nSPS) is 11.9. The number of benzene rings is 1. The number of carbonyl (C=O) groups is 1. The van der Waals surface area contributed by atoms with Gasteiger partial charge < -0.3 is 10.4 Å². The molecule has 2 N–H and O–H groups in total. The first-order valence-corrected chi connectivity index (χ1v) is 6.58. The fourth-order valence-electron chi connectivity index (χ4n) is 1.73. The Labute approximate surface area is 122 Å². The maximum Gasteiger partial charge on any atom is 0.252 e. The van der Waals surface area contributed by atoms with Crippen LogP contribution in [0.2, 0.25) is 5.02 Å². The van der Waals surface area contributed by atoms with E-state index in [2.05, 4.69) is 10.3 Å². The monoisotopic (exact) mass is 290 g/mol. The van der Waals surface area contributed by atoms with Crippen molar-refractivity contribution in [1.29, 1.82) is 0 Å². The smallest absolute Gasteiger partial charge is 0.252 e. The van der Waals surface area contributed by atoms with Crippen LogP contribution in [0.5, 0.6) is 0 Å². The van der Waals surface area contributed by atoms with Crippen molar-refractivity contribution < 1.29 is 9.90 Å². The minimum Gasteiger partial charge on any atom is -0.387 e. The molecule has 0 bridgehead atoms. The second-order valence-corrected chi connectivity index (χ2v) is 4.91. The molecule has 1 aromatic carbocycles. The summed E-state index contributed by atoms with van der Waals surface area (Å²) in [7, 11) is 0. The minimum atomic E-state index is -0.795. The summed E-state index contributed by atoms with van der Waals surface area (Å²) in [6.45, 7) is 1.97. The Morgan fingerprint density at radius 1 is 1.40 bits per heavy atom. The van der Waals surface area contributed by atoms with Gasteiger partial charge in [-0.3, -0.25) is 9.78 Å². The third kappa shape index (κ3) is 3.79. The zero-order valence-corrected chi connectivity index (χ0v) is 11.8. The van der Waals surface area contributed by atoms with Crippen LogP contribution in [0.1, 0.15) is 27.7 Å². The van der Waals surface area contributed by atoms with E-state index in [1.165, 1.54) is 6.20 Å². The number of aromatic nitrogens is 1. The fourth-order valence-corrected chi connectivity index (χ4v) is 1.92. The molecule has 2 rings (SSSR count). The van der Waals surface area contributed by atoms with E-state index in [4.69, 9.17) is 11.6 Å². The molecule has 0 fully saturated rings. The Morgan fingerprint density at radius 2 is 2.20 bits per heavy atom. The second-order valence-electron chi connectivity index (χ2n) is 4.47. The van der Waals surface area contributed by atoms with Crippen molar-refractivity contribution in [3.05, 3.63) is 64.4 Å². The summed E-state index contributed by atoms with van der Waals surface area (Å²) in [4.78, 5) is 15.9. The summed E-state index contributed by atoms with van der Waals surface area (Å²) < 4.78 is 0. The third-order valence-electron chi connectivity index (χ3n) is 2.86. The van der Waals surface area contributed by atoms with Crippen LogP contribution >= 0.6 is 11.6 Å². The van der Waals surface area contributed by atoms with Gasteiger partial charge >= 0.3 is 0 Å². The summed E-state index contributed by atoms with van der Waals surface area (Å²) >= 11 is 5.86. The standard InChI is InChI=1S/C15H15ClN2O2/c1-10-5-6-12(8-17-10)15(20)18-9-14(19)11-3-2-4-13(16)7-11/h2-8,14,19H,9H2,1H3,(H,18,20)/t14-/m1/s1. The van der Waals surface area contributed by atoms with Crippen LogP contribution in [0.4, 0.5) is 0 Å². The molecule has 0 aliphatic rings. The van der Waals surface area contributed by atoms with E-state index in [9.17, 15) is 9.90 Å². The number of nitrogens with zero attached hydrogens (tertiary/aromatic N) is 1. The van der Waals surface area contributed by atoms with Crippen molar-refractivity contribution >= 4 is 17.5 Å². The van der Waals surface area contributed by atoms with Gasteiger partial charge in [0.2, 0.25) is 0 Å². The number of aliphatic hydroxyl groups is 1. The SMILES string of the molecule is Cc1ccc(C(=O)NC[C@@H](O)c2cccc(Cl)c2)cn1. The van der Waals surface area contributed by atoms with Crippen molar-refractivity contribution in [2.45, 2.75) is 13.0 Å². The van der Waals surface area contributed by atoms with Crippen LogP contribution < -0.4 is 5.32 Å². The van der Waals surface area contributed by atoms with Gasteiger partial charge in [0, 0.05) is 23.5 Å². The number of aliphatic hydroxyl groups excluding tert-OH is 1. The average molecular weight is 291 g/mol. The number of halogens is 1. The lowest BCUT2D eigenvalue weighted by molar-refractivity contribution is 0.0916. The number of nitrogens with one attached hydrogen (secondary N) is 1. The summed E-state index contributed by atoms with van der Waals surface area (Å²) in [5, 5.41) is 13.2. The van der Waals surface area contributed by atoms with E-state index in [0.29, 0.717) is 16.1 Å². The van der Waals surface area contributed by atoms with Gasteiger partial charge in [-0.05, 0) is 36.8 Å². The maximum absolute atomic E-state index is 11.9. The van der Waals surface area contributed by atoms with Gasteiger partial charge in [0.25, 0.3) is 5.91 Å². The lowest BCUT2D eigenvalue weighted by atomic mass is 10.1. The zero-order chi connectivity index (χ0) is 14.5. The highest BCUT2D eigenvalue weighted by Crippen LogP contribution is 2.17. The molecule has 2 aromatic rings. The molecule has 1 heterocycles. The van der Waals surface area contributed by atoms with E-state index in [-0.39, 0.29) is 12.5 Å². The van der Waals surface area contributed by atoms with Gasteiger partial charge in [-0.1, -0.05) is 23.7 Å². The van der Waals surface area contributed by atoms with Gasteiger partial charge in [-0.2, -0.15) is 0 Å². The summed E-state index contributed by atoms with van der Waals surface area (Å²) in [6, 6.07) is 10.4. The summed E-state index contributed by atoms with van der Waals surface area (Å²) in [6.07, 6.45) is 0.715. The van der Waals surface area contributed by atoms with Crippen LogP contribution in [0.3, 0.4) is 0 Å². The number of aryl methyl sites for hydroxylation is 1. The van der Waals surface area contributed by atoms with E-state index in [0.717, 1.165) is 5.69 Å². The molecule has 1 aromatic heterocycles. The molecule has 104 valence electrons. The topological polar surface area (TPSA) is 62.2 Å². The van der Waals surface area contributed by atoms with Gasteiger partial charge in [-0.25, -0.2) is 0 Å². The van der Waals surface area contributed by atoms with Crippen LogP contribution in [0.15, 0.2) is 42.6 Å². The minimum absolute atomic E-state index is 0.118. The molecule has 0 aliphatic heterocycles. The lowest BCUT2D eigenvalue weighted by Gasteiger charge is -2.12. The predicted octanol–water partition coefficient (Wildman–Crippen LogP) is 2.51. The number of amides is 1. The van der Waals surface area contributed by atoms with E-state index >= 15 is 0 Å². The zero-order valence-electron chi connectivity index (χ0n) is 11.0. The third-order valence-corrected chi connectivity index (χ3v) is 3.10. The average Bonchev–Trinajstić information content (AvgIpc) is 2.45. The van der Waals surface area contributed by atoms with Crippen LogP contribution in [-0.2, 0) is 0 Å². The Morgan fingerprint density at radius 3 is 2.85 bits per heavy atom. The molecule has 1 amide bonds. The summed E-state index contributed by atoms with van der Waals surface area (Å²) in [5.41, 5.74) is 1.98. The summed E-state index contributed by atoms with van der Waals surface area (Å²) in [5.74, 6) is -0.265. The molecule has 4 nitrogen and oxygen atoms in total. The molecule has 0 radical (unpaired) electrons. The van der Waals surface area contributed by atoms with Crippen molar-refractivity contribution in [3.8, 4) is 0 Å². The first kappa shape index (κ1) is 14.5. The van der Waals surface area contributed by atoms with Crippen molar-refractivity contribution in [3.63, 3.8) is 0 Å². The highest BCUT2D eigenvalue weighted by molar-refractivity contribution is 6.30. The molecule has 20 heavy (non-hydrogen) atoms. The fraction of sp³-hybridized carbons (Fsp3) is 0.200. The number of hydrogen-bond acceptors (Lipinski definition) is 3. The van der Waals surface area contributed by atoms with Gasteiger partial charge in [-0.15, -0.1) is 0 Å². The van der Waals surface area contributed by atoms with Gasteiger partial charge in [0.1, 0.15) is 0 Å². The Bertz CT molecular complexity index is 599. The molecular weight excluding hydrogens is 276 g/mol. The first-order chi connectivity index (χ1) is 9.56. The van der Waals surface area contributed by atoms with Crippen molar-refractivity contribution in [2.75, 3.05) is 6.54 Å². The maximum atomic E-state index is 11.9. The molecular formula is C15H15ClN2O2. The Hall–Kier alpha value is -1.91. The largest absolute Gasteiger partial charge is 0.387 e. The van der Waals surface area contributed by atoms with Crippen molar-refractivity contribution in [1.82, 2.24) is 10.3 Å². The number of rotatable bonds is 4. The van der Waals surface area contributed by atoms with Crippen molar-refractivity contribution in [2.24, 2.45) is 0 Å².